The first-order chi connectivity index (χ1) is 7.66. The van der Waals surface area contributed by atoms with Crippen molar-refractivity contribution in [2.75, 3.05) is 18.9 Å². The zero-order valence-electron chi connectivity index (χ0n) is 9.60. The Morgan fingerprint density at radius 2 is 2.00 bits per heavy atom. The van der Waals surface area contributed by atoms with E-state index < -0.39 is 0 Å². The molecule has 0 aliphatic carbocycles. The van der Waals surface area contributed by atoms with E-state index in [9.17, 15) is 0 Å². The van der Waals surface area contributed by atoms with Crippen LogP contribution in [-0.2, 0) is 4.74 Å². The summed E-state index contributed by atoms with van der Waals surface area (Å²) in [6.45, 7) is 5.20. The van der Waals surface area contributed by atoms with Gasteiger partial charge in [-0.25, -0.2) is 0 Å². The van der Waals surface area contributed by atoms with Gasteiger partial charge in [0, 0.05) is 0 Å². The molecule has 1 aromatic carbocycles. The van der Waals surface area contributed by atoms with Gasteiger partial charge in [0.05, 0.1) is 19.3 Å². The summed E-state index contributed by atoms with van der Waals surface area (Å²) in [7, 11) is 0. The molecular formula is C12H17NO3. The van der Waals surface area contributed by atoms with Gasteiger partial charge in [-0.3, -0.25) is 0 Å². The summed E-state index contributed by atoms with van der Waals surface area (Å²) in [5, 5.41) is 0. The molecule has 0 bridgehead atoms. The molecule has 0 atom stereocenters. The predicted octanol–water partition coefficient (Wildman–Crippen LogP) is 1.83. The average molecular weight is 223 g/mol. The number of para-hydroxylation sites is 1. The third-order valence-corrected chi connectivity index (χ3v) is 2.29. The number of nitrogen functional groups attached to an aromatic ring is 1. The highest BCUT2D eigenvalue weighted by Crippen LogP contribution is 2.33. The van der Waals surface area contributed by atoms with E-state index >= 15 is 0 Å². The maximum atomic E-state index is 5.97. The molecule has 2 N–H and O–H groups in total. The standard InChI is InChI=1S/C12H17NO3/c1-8(2)15-10-4-3-5-11(12(10)13)16-9-6-14-7-9/h3-5,8-9H,6-7,13H2,1-2H3. The van der Waals surface area contributed by atoms with Gasteiger partial charge in [0.2, 0.25) is 0 Å². The molecule has 0 spiro atoms. The van der Waals surface area contributed by atoms with Crippen molar-refractivity contribution in [3.8, 4) is 11.5 Å². The summed E-state index contributed by atoms with van der Waals surface area (Å²) >= 11 is 0. The second-order valence-corrected chi connectivity index (χ2v) is 4.11. The van der Waals surface area contributed by atoms with Crippen molar-refractivity contribution in [1.29, 1.82) is 0 Å². The smallest absolute Gasteiger partial charge is 0.146 e. The first-order valence-electron chi connectivity index (χ1n) is 5.46. The molecule has 0 unspecified atom stereocenters. The molecule has 1 aromatic rings. The molecule has 4 heteroatoms. The van der Waals surface area contributed by atoms with Gasteiger partial charge in [-0.2, -0.15) is 0 Å². The fourth-order valence-electron chi connectivity index (χ4n) is 1.45. The third-order valence-electron chi connectivity index (χ3n) is 2.29. The molecular weight excluding hydrogens is 206 g/mol. The van der Waals surface area contributed by atoms with Crippen LogP contribution in [0, 0.1) is 0 Å². The largest absolute Gasteiger partial charge is 0.489 e. The van der Waals surface area contributed by atoms with E-state index in [1.54, 1.807) is 0 Å². The molecule has 1 aliphatic heterocycles. The summed E-state index contributed by atoms with van der Waals surface area (Å²) in [5.74, 6) is 1.35. The minimum Gasteiger partial charge on any atom is -0.489 e. The highest BCUT2D eigenvalue weighted by atomic mass is 16.6. The van der Waals surface area contributed by atoms with Gasteiger partial charge in [-0.1, -0.05) is 6.07 Å². The van der Waals surface area contributed by atoms with Gasteiger partial charge in [0.25, 0.3) is 0 Å². The Balaban J connectivity index is 2.11. The Morgan fingerprint density at radius 1 is 1.31 bits per heavy atom. The van der Waals surface area contributed by atoms with Crippen LogP contribution in [0.2, 0.25) is 0 Å². The quantitative estimate of drug-likeness (QED) is 0.791. The third kappa shape index (κ3) is 2.39. The second kappa shape index (κ2) is 4.61. The van der Waals surface area contributed by atoms with Gasteiger partial charge in [-0.05, 0) is 26.0 Å². The first-order valence-corrected chi connectivity index (χ1v) is 5.46. The molecule has 2 rings (SSSR count). The van der Waals surface area contributed by atoms with Crippen LogP contribution in [0.5, 0.6) is 11.5 Å². The number of nitrogens with two attached hydrogens (primary N) is 1. The Hall–Kier alpha value is -1.42. The number of rotatable bonds is 4. The van der Waals surface area contributed by atoms with Crippen molar-refractivity contribution < 1.29 is 14.2 Å². The zero-order chi connectivity index (χ0) is 11.5. The lowest BCUT2D eigenvalue weighted by atomic mass is 10.2. The average Bonchev–Trinajstić information content (AvgIpc) is 2.16. The molecule has 0 aromatic heterocycles. The van der Waals surface area contributed by atoms with Crippen LogP contribution in [0.4, 0.5) is 5.69 Å². The lowest BCUT2D eigenvalue weighted by Crippen LogP contribution is -2.38. The van der Waals surface area contributed by atoms with Gasteiger partial charge in [0.15, 0.2) is 0 Å². The fourth-order valence-corrected chi connectivity index (χ4v) is 1.45. The Morgan fingerprint density at radius 3 is 2.56 bits per heavy atom. The van der Waals surface area contributed by atoms with E-state index in [1.165, 1.54) is 0 Å². The lowest BCUT2D eigenvalue weighted by molar-refractivity contribution is -0.0794. The number of ether oxygens (including phenoxy) is 3. The Bertz CT molecular complexity index is 361. The maximum Gasteiger partial charge on any atom is 0.146 e. The maximum absolute atomic E-state index is 5.97. The summed E-state index contributed by atoms with van der Waals surface area (Å²) in [4.78, 5) is 0. The van der Waals surface area contributed by atoms with Crippen molar-refractivity contribution in [2.45, 2.75) is 26.1 Å². The van der Waals surface area contributed by atoms with E-state index in [0.717, 1.165) is 0 Å². The SMILES string of the molecule is CC(C)Oc1cccc(OC2COC2)c1N. The van der Waals surface area contributed by atoms with Crippen LogP contribution >= 0.6 is 0 Å². The molecule has 16 heavy (non-hydrogen) atoms. The summed E-state index contributed by atoms with van der Waals surface area (Å²) in [6.07, 6.45) is 0.223. The number of anilines is 1. The molecule has 0 saturated carbocycles. The topological polar surface area (TPSA) is 53.7 Å². The van der Waals surface area contributed by atoms with Crippen LogP contribution in [-0.4, -0.2) is 25.4 Å². The molecule has 1 aliphatic rings. The molecule has 4 nitrogen and oxygen atoms in total. The van der Waals surface area contributed by atoms with E-state index in [2.05, 4.69) is 0 Å². The number of benzene rings is 1. The fraction of sp³-hybridized carbons (Fsp3) is 0.500. The normalized spacial score (nSPS) is 15.9. The van der Waals surface area contributed by atoms with E-state index in [1.807, 2.05) is 32.0 Å². The number of hydrogen-bond donors (Lipinski definition) is 1. The molecule has 0 amide bonds. The number of hydrogen-bond acceptors (Lipinski definition) is 4. The molecule has 1 saturated heterocycles. The van der Waals surface area contributed by atoms with Gasteiger partial charge in [0.1, 0.15) is 23.3 Å². The predicted molar refractivity (Wildman–Crippen MR) is 61.9 cm³/mol. The highest BCUT2D eigenvalue weighted by Gasteiger charge is 2.21. The zero-order valence-corrected chi connectivity index (χ0v) is 9.60. The van der Waals surface area contributed by atoms with Crippen LogP contribution in [0.25, 0.3) is 0 Å². The molecule has 0 radical (unpaired) electrons. The molecule has 1 fully saturated rings. The van der Waals surface area contributed by atoms with Crippen LogP contribution < -0.4 is 15.2 Å². The van der Waals surface area contributed by atoms with Crippen LogP contribution in [0.1, 0.15) is 13.8 Å². The van der Waals surface area contributed by atoms with Crippen molar-refractivity contribution in [2.24, 2.45) is 0 Å². The van der Waals surface area contributed by atoms with Crippen LogP contribution in [0.15, 0.2) is 18.2 Å². The van der Waals surface area contributed by atoms with Crippen LogP contribution in [0.3, 0.4) is 0 Å². The van der Waals surface area contributed by atoms with Crippen molar-refractivity contribution in [3.63, 3.8) is 0 Å². The lowest BCUT2D eigenvalue weighted by Gasteiger charge is -2.27. The first kappa shape index (κ1) is 11.1. The van der Waals surface area contributed by atoms with Gasteiger partial charge in [-0.15, -0.1) is 0 Å². The molecule has 1 heterocycles. The van der Waals surface area contributed by atoms with E-state index in [-0.39, 0.29) is 12.2 Å². The summed E-state index contributed by atoms with van der Waals surface area (Å²) in [6, 6.07) is 5.57. The monoisotopic (exact) mass is 223 g/mol. The second-order valence-electron chi connectivity index (χ2n) is 4.11. The highest BCUT2D eigenvalue weighted by molar-refractivity contribution is 5.62. The van der Waals surface area contributed by atoms with Crippen molar-refractivity contribution in [1.82, 2.24) is 0 Å². The van der Waals surface area contributed by atoms with E-state index in [0.29, 0.717) is 30.4 Å². The minimum absolute atomic E-state index is 0.101. The summed E-state index contributed by atoms with van der Waals surface area (Å²) < 4.78 is 16.3. The van der Waals surface area contributed by atoms with Gasteiger partial charge >= 0.3 is 0 Å². The van der Waals surface area contributed by atoms with Gasteiger partial charge < -0.3 is 19.9 Å². The Kier molecular flexibility index (Phi) is 3.19. The van der Waals surface area contributed by atoms with E-state index in [4.69, 9.17) is 19.9 Å². The minimum atomic E-state index is 0.101. The molecule has 88 valence electrons. The summed E-state index contributed by atoms with van der Waals surface area (Å²) in [5.41, 5.74) is 6.53. The Labute approximate surface area is 95.3 Å². The van der Waals surface area contributed by atoms with Crippen molar-refractivity contribution in [3.05, 3.63) is 18.2 Å². The van der Waals surface area contributed by atoms with Crippen molar-refractivity contribution >= 4 is 5.69 Å².